The van der Waals surface area contributed by atoms with Gasteiger partial charge in [0, 0.05) is 30.8 Å². The lowest BCUT2D eigenvalue weighted by Crippen LogP contribution is -2.39. The van der Waals surface area contributed by atoms with Gasteiger partial charge in [0.2, 0.25) is 6.79 Å². The molecule has 124 valence electrons. The Kier molecular flexibility index (Phi) is 2.94. The van der Waals surface area contributed by atoms with Crippen LogP contribution < -0.4 is 14.2 Å². The first-order chi connectivity index (χ1) is 11.7. The topological polar surface area (TPSA) is 51.2 Å². The van der Waals surface area contributed by atoms with E-state index in [1.165, 1.54) is 22.3 Å². The van der Waals surface area contributed by atoms with E-state index in [9.17, 15) is 5.11 Å². The third-order valence-corrected chi connectivity index (χ3v) is 5.39. The zero-order valence-electron chi connectivity index (χ0n) is 13.5. The molecule has 0 spiro atoms. The lowest BCUT2D eigenvalue weighted by molar-refractivity contribution is 0.0979. The van der Waals surface area contributed by atoms with Crippen molar-refractivity contribution in [2.75, 3.05) is 20.4 Å². The van der Waals surface area contributed by atoms with Crippen molar-refractivity contribution < 1.29 is 19.3 Å². The smallest absolute Gasteiger partial charge is 0.230 e. The Bertz CT molecular complexity index is 833. The van der Waals surface area contributed by atoms with Crippen LogP contribution in [0.3, 0.4) is 0 Å². The number of aromatic hydroxyl groups is 1. The van der Waals surface area contributed by atoms with Gasteiger partial charge >= 0.3 is 0 Å². The zero-order valence-corrected chi connectivity index (χ0v) is 13.5. The zero-order chi connectivity index (χ0) is 16.3. The van der Waals surface area contributed by atoms with Crippen molar-refractivity contribution in [3.05, 3.63) is 46.5 Å². The maximum Gasteiger partial charge on any atom is 0.230 e. The minimum atomic E-state index is 0.213. The highest BCUT2D eigenvalue weighted by Gasteiger charge is 2.35. The molecule has 0 fully saturated rings. The highest BCUT2D eigenvalue weighted by molar-refractivity contribution is 5.53. The number of nitrogens with zero attached hydrogens (tertiary/aromatic N) is 1. The normalized spacial score (nSPS) is 21.0. The number of ether oxygens (including phenoxy) is 3. The van der Waals surface area contributed by atoms with Crippen LogP contribution in [0.2, 0.25) is 0 Å². The molecule has 1 N–H and O–H groups in total. The van der Waals surface area contributed by atoms with Gasteiger partial charge in [-0.2, -0.15) is 0 Å². The van der Waals surface area contributed by atoms with Crippen LogP contribution in [0.15, 0.2) is 24.3 Å². The molecule has 5 heteroatoms. The number of rotatable bonds is 1. The second-order valence-electron chi connectivity index (χ2n) is 6.63. The van der Waals surface area contributed by atoms with E-state index in [2.05, 4.69) is 11.0 Å². The largest absolute Gasteiger partial charge is 0.504 e. The van der Waals surface area contributed by atoms with Crippen molar-refractivity contribution in [2.45, 2.75) is 25.4 Å². The Hall–Kier alpha value is -2.40. The van der Waals surface area contributed by atoms with Crippen molar-refractivity contribution in [2.24, 2.45) is 0 Å². The SMILES string of the molecule is COc1cc2c(cc1O)[C@@H]1Cc3c(cc4cc3OCO4)CN1CC2. The first kappa shape index (κ1) is 14.0. The molecule has 1 atom stereocenters. The van der Waals surface area contributed by atoms with Crippen molar-refractivity contribution >= 4 is 0 Å². The van der Waals surface area contributed by atoms with Crippen molar-refractivity contribution in [3.8, 4) is 23.0 Å². The molecule has 0 aliphatic carbocycles. The van der Waals surface area contributed by atoms with Crippen LogP contribution >= 0.6 is 0 Å². The first-order valence-electron chi connectivity index (χ1n) is 8.28. The molecule has 3 aliphatic heterocycles. The lowest BCUT2D eigenvalue weighted by Gasteiger charge is -2.42. The lowest BCUT2D eigenvalue weighted by atomic mass is 9.83. The fraction of sp³-hybridized carbons (Fsp3) is 0.368. The van der Waals surface area contributed by atoms with Gasteiger partial charge in [0.1, 0.15) is 11.5 Å². The third-order valence-electron chi connectivity index (χ3n) is 5.39. The average Bonchev–Trinajstić information content (AvgIpc) is 2.60. The quantitative estimate of drug-likeness (QED) is 0.874. The van der Waals surface area contributed by atoms with Gasteiger partial charge in [0.15, 0.2) is 11.5 Å². The Morgan fingerprint density at radius 1 is 1.17 bits per heavy atom. The minimum Gasteiger partial charge on any atom is -0.504 e. The second-order valence-corrected chi connectivity index (χ2v) is 6.63. The maximum absolute atomic E-state index is 10.2. The standard InChI is InChI=1S/C19H19NO4/c1-22-19-5-11-2-3-20-9-12-4-13-6-18(24-10-23-13)15(12)7-16(20)14(11)8-17(19)21/h4-6,8,16,21H,2-3,7,9-10H2,1H3/t16-/m0/s1. The summed E-state index contributed by atoms with van der Waals surface area (Å²) in [6.07, 6.45) is 1.86. The summed E-state index contributed by atoms with van der Waals surface area (Å²) in [5.41, 5.74) is 5.03. The van der Waals surface area contributed by atoms with Crippen LogP contribution in [0.4, 0.5) is 0 Å². The van der Waals surface area contributed by atoms with E-state index in [-0.39, 0.29) is 18.6 Å². The minimum absolute atomic E-state index is 0.213. The molecular weight excluding hydrogens is 306 g/mol. The van der Waals surface area contributed by atoms with E-state index in [4.69, 9.17) is 14.2 Å². The van der Waals surface area contributed by atoms with Gasteiger partial charge in [0.05, 0.1) is 7.11 Å². The monoisotopic (exact) mass is 325 g/mol. The van der Waals surface area contributed by atoms with Gasteiger partial charge in [-0.25, -0.2) is 0 Å². The fourth-order valence-electron chi connectivity index (χ4n) is 4.19. The molecule has 0 unspecified atom stereocenters. The van der Waals surface area contributed by atoms with Crippen LogP contribution in [-0.2, 0) is 19.4 Å². The predicted molar refractivity (Wildman–Crippen MR) is 87.8 cm³/mol. The third kappa shape index (κ3) is 1.97. The van der Waals surface area contributed by atoms with Gasteiger partial charge in [-0.15, -0.1) is 0 Å². The molecule has 0 aromatic heterocycles. The number of methoxy groups -OCH3 is 1. The molecule has 0 saturated heterocycles. The van der Waals surface area contributed by atoms with Crippen molar-refractivity contribution in [3.63, 3.8) is 0 Å². The molecule has 2 aromatic carbocycles. The molecule has 0 saturated carbocycles. The molecular formula is C19H19NO4. The summed E-state index contributed by atoms with van der Waals surface area (Å²) in [6.45, 7) is 2.18. The van der Waals surface area contributed by atoms with Crippen LogP contribution in [0.25, 0.3) is 0 Å². The Morgan fingerprint density at radius 3 is 2.96 bits per heavy atom. The highest BCUT2D eigenvalue weighted by atomic mass is 16.7. The average molecular weight is 325 g/mol. The Labute approximate surface area is 140 Å². The molecule has 5 nitrogen and oxygen atoms in total. The van der Waals surface area contributed by atoms with Crippen LogP contribution in [0.1, 0.15) is 28.3 Å². The summed E-state index contributed by atoms with van der Waals surface area (Å²) in [5.74, 6) is 2.61. The van der Waals surface area contributed by atoms with Crippen molar-refractivity contribution in [1.29, 1.82) is 0 Å². The molecule has 3 heterocycles. The van der Waals surface area contributed by atoms with Gasteiger partial charge in [-0.05, 0) is 47.7 Å². The first-order valence-corrected chi connectivity index (χ1v) is 8.28. The highest BCUT2D eigenvalue weighted by Crippen LogP contribution is 2.45. The van der Waals surface area contributed by atoms with Crippen LogP contribution in [0.5, 0.6) is 23.0 Å². The van der Waals surface area contributed by atoms with E-state index in [0.717, 1.165) is 37.4 Å². The fourth-order valence-corrected chi connectivity index (χ4v) is 4.19. The molecule has 24 heavy (non-hydrogen) atoms. The molecule has 2 aromatic rings. The number of hydrogen-bond donors (Lipinski definition) is 1. The van der Waals surface area contributed by atoms with Gasteiger partial charge in [-0.3, -0.25) is 4.90 Å². The van der Waals surface area contributed by atoms with Gasteiger partial charge in [-0.1, -0.05) is 0 Å². The molecule has 5 rings (SSSR count). The molecule has 2 bridgehead atoms. The van der Waals surface area contributed by atoms with Crippen molar-refractivity contribution in [1.82, 2.24) is 4.90 Å². The Morgan fingerprint density at radius 2 is 2.08 bits per heavy atom. The second kappa shape index (κ2) is 5.05. The van der Waals surface area contributed by atoms with Crippen LogP contribution in [-0.4, -0.2) is 30.5 Å². The van der Waals surface area contributed by atoms with E-state index >= 15 is 0 Å². The summed E-state index contributed by atoms with van der Waals surface area (Å²) in [5, 5.41) is 10.2. The predicted octanol–water partition coefficient (Wildman–Crippen LogP) is 2.79. The molecule has 0 radical (unpaired) electrons. The number of hydrogen-bond acceptors (Lipinski definition) is 5. The summed E-state index contributed by atoms with van der Waals surface area (Å²) in [6, 6.07) is 8.24. The maximum atomic E-state index is 10.2. The summed E-state index contributed by atoms with van der Waals surface area (Å²) >= 11 is 0. The number of phenolic OH excluding ortho intramolecular Hbond substituents is 1. The number of benzene rings is 2. The van der Waals surface area contributed by atoms with E-state index in [1.807, 2.05) is 18.2 Å². The number of fused-ring (bicyclic) bond motifs is 7. The summed E-state index contributed by atoms with van der Waals surface area (Å²) < 4.78 is 16.5. The van der Waals surface area contributed by atoms with Gasteiger partial charge < -0.3 is 19.3 Å². The molecule has 3 aliphatic rings. The summed E-state index contributed by atoms with van der Waals surface area (Å²) in [4.78, 5) is 2.48. The Balaban J connectivity index is 1.59. The van der Waals surface area contributed by atoms with E-state index < -0.39 is 0 Å². The van der Waals surface area contributed by atoms with Gasteiger partial charge in [0.25, 0.3) is 0 Å². The summed E-state index contributed by atoms with van der Waals surface area (Å²) in [7, 11) is 1.59. The van der Waals surface area contributed by atoms with E-state index in [1.54, 1.807) is 7.11 Å². The van der Waals surface area contributed by atoms with E-state index in [0.29, 0.717) is 5.75 Å². The number of phenols is 1. The van der Waals surface area contributed by atoms with Crippen LogP contribution in [0, 0.1) is 0 Å². The molecule has 0 amide bonds.